The molecular weight excluding hydrogens is 282 g/mol. The first kappa shape index (κ1) is 14.5. The number of nitrogens with zero attached hydrogens (tertiary/aromatic N) is 7. The Bertz CT molecular complexity index is 799. The highest BCUT2D eigenvalue weighted by Gasteiger charge is 2.14. The average molecular weight is 299 g/mol. The highest BCUT2D eigenvalue weighted by atomic mass is 16.5. The maximum atomic E-state index is 5.06. The van der Waals surface area contributed by atoms with Gasteiger partial charge in [-0.05, 0) is 13.0 Å². The largest absolute Gasteiger partial charge is 0.384 e. The van der Waals surface area contributed by atoms with E-state index in [1.54, 1.807) is 17.8 Å². The van der Waals surface area contributed by atoms with Gasteiger partial charge >= 0.3 is 0 Å². The minimum absolute atomic E-state index is 0.506. The highest BCUT2D eigenvalue weighted by Crippen LogP contribution is 2.18. The summed E-state index contributed by atoms with van der Waals surface area (Å²) < 4.78 is 6.76. The quantitative estimate of drug-likeness (QED) is 0.695. The van der Waals surface area contributed by atoms with Crippen LogP contribution in [-0.2, 0) is 17.6 Å². The standard InChI is InChI=1S/C14H17N7O/c1-4-11-17-14-19-18-13(9(2)21(14)20-11)10-5-7-15-12(16-10)6-8-22-3/h5,7H,4,6,8H2,1-3H3. The zero-order chi connectivity index (χ0) is 15.5. The Morgan fingerprint density at radius 3 is 2.82 bits per heavy atom. The molecule has 0 N–H and O–H groups in total. The molecule has 0 bridgehead atoms. The van der Waals surface area contributed by atoms with E-state index in [4.69, 9.17) is 4.74 Å². The van der Waals surface area contributed by atoms with Gasteiger partial charge < -0.3 is 4.74 Å². The van der Waals surface area contributed by atoms with E-state index in [-0.39, 0.29) is 0 Å². The predicted molar refractivity (Wildman–Crippen MR) is 79.3 cm³/mol. The van der Waals surface area contributed by atoms with Crippen LogP contribution in [0.5, 0.6) is 0 Å². The Hall–Kier alpha value is -2.48. The summed E-state index contributed by atoms with van der Waals surface area (Å²) >= 11 is 0. The molecule has 0 spiro atoms. The molecule has 0 aromatic carbocycles. The molecule has 3 aromatic heterocycles. The number of fused-ring (bicyclic) bond motifs is 1. The summed E-state index contributed by atoms with van der Waals surface area (Å²) in [4.78, 5) is 13.1. The number of hydrogen-bond donors (Lipinski definition) is 0. The molecule has 0 saturated heterocycles. The van der Waals surface area contributed by atoms with Gasteiger partial charge in [-0.25, -0.2) is 9.97 Å². The lowest BCUT2D eigenvalue weighted by Crippen LogP contribution is -2.06. The van der Waals surface area contributed by atoms with Gasteiger partial charge in [0.25, 0.3) is 5.78 Å². The normalized spacial score (nSPS) is 11.2. The molecule has 3 aromatic rings. The summed E-state index contributed by atoms with van der Waals surface area (Å²) in [5.41, 5.74) is 2.26. The molecule has 8 heteroatoms. The van der Waals surface area contributed by atoms with Crippen molar-refractivity contribution in [2.75, 3.05) is 13.7 Å². The van der Waals surface area contributed by atoms with E-state index in [0.717, 1.165) is 23.6 Å². The van der Waals surface area contributed by atoms with Gasteiger partial charge in [0.05, 0.1) is 18.0 Å². The minimum Gasteiger partial charge on any atom is -0.384 e. The van der Waals surface area contributed by atoms with Crippen molar-refractivity contribution in [3.8, 4) is 11.4 Å². The lowest BCUT2D eigenvalue weighted by Gasteiger charge is -2.06. The summed E-state index contributed by atoms with van der Waals surface area (Å²) in [6.07, 6.45) is 3.13. The Kier molecular flexibility index (Phi) is 4.01. The molecule has 114 valence electrons. The molecular formula is C14H17N7O. The monoisotopic (exact) mass is 299 g/mol. The van der Waals surface area contributed by atoms with Crippen LogP contribution in [-0.4, -0.2) is 48.5 Å². The van der Waals surface area contributed by atoms with E-state index in [1.165, 1.54) is 0 Å². The second-order valence-corrected chi connectivity index (χ2v) is 4.83. The Labute approximate surface area is 127 Å². The van der Waals surface area contributed by atoms with Crippen LogP contribution in [0.4, 0.5) is 0 Å². The first-order valence-electron chi connectivity index (χ1n) is 7.13. The Morgan fingerprint density at radius 2 is 2.05 bits per heavy atom. The van der Waals surface area contributed by atoms with Crippen LogP contribution < -0.4 is 0 Å². The molecule has 3 rings (SSSR count). The number of aryl methyl sites for hydroxylation is 2. The van der Waals surface area contributed by atoms with Crippen molar-refractivity contribution in [2.24, 2.45) is 0 Å². The van der Waals surface area contributed by atoms with Gasteiger partial charge in [0, 0.05) is 26.1 Å². The molecule has 0 aliphatic rings. The van der Waals surface area contributed by atoms with Crippen LogP contribution in [0.25, 0.3) is 17.2 Å². The van der Waals surface area contributed by atoms with Crippen molar-refractivity contribution >= 4 is 5.78 Å². The highest BCUT2D eigenvalue weighted by molar-refractivity contribution is 5.57. The van der Waals surface area contributed by atoms with E-state index in [9.17, 15) is 0 Å². The zero-order valence-electron chi connectivity index (χ0n) is 12.8. The smallest absolute Gasteiger partial charge is 0.272 e. The minimum atomic E-state index is 0.506. The van der Waals surface area contributed by atoms with Gasteiger partial charge in [-0.1, -0.05) is 6.92 Å². The molecule has 0 unspecified atom stereocenters. The van der Waals surface area contributed by atoms with Crippen LogP contribution in [0.2, 0.25) is 0 Å². The molecule has 3 heterocycles. The van der Waals surface area contributed by atoms with Crippen LogP contribution in [0.3, 0.4) is 0 Å². The maximum Gasteiger partial charge on any atom is 0.272 e. The molecule has 8 nitrogen and oxygen atoms in total. The summed E-state index contributed by atoms with van der Waals surface area (Å²) in [7, 11) is 1.66. The fraction of sp³-hybridized carbons (Fsp3) is 0.429. The molecule has 0 aliphatic carbocycles. The van der Waals surface area contributed by atoms with E-state index < -0.39 is 0 Å². The molecule has 0 fully saturated rings. The number of methoxy groups -OCH3 is 1. The summed E-state index contributed by atoms with van der Waals surface area (Å²) in [6, 6.07) is 1.82. The molecule has 0 saturated carbocycles. The third-order valence-electron chi connectivity index (χ3n) is 3.33. The second kappa shape index (κ2) is 6.10. The molecule has 0 radical (unpaired) electrons. The fourth-order valence-corrected chi connectivity index (χ4v) is 2.13. The van der Waals surface area contributed by atoms with E-state index in [0.29, 0.717) is 30.3 Å². The molecule has 0 aliphatic heterocycles. The summed E-state index contributed by atoms with van der Waals surface area (Å²) in [5, 5.41) is 12.8. The topological polar surface area (TPSA) is 91.0 Å². The summed E-state index contributed by atoms with van der Waals surface area (Å²) in [5.74, 6) is 1.97. The zero-order valence-corrected chi connectivity index (χ0v) is 12.8. The van der Waals surface area contributed by atoms with Crippen LogP contribution in [0.1, 0.15) is 24.3 Å². The molecule has 0 atom stereocenters. The van der Waals surface area contributed by atoms with Crippen LogP contribution in [0, 0.1) is 6.92 Å². The van der Waals surface area contributed by atoms with Gasteiger partial charge in [0.15, 0.2) is 5.82 Å². The van der Waals surface area contributed by atoms with Gasteiger partial charge in [-0.2, -0.15) is 9.50 Å². The van der Waals surface area contributed by atoms with Gasteiger partial charge in [-0.3, -0.25) is 0 Å². The third kappa shape index (κ3) is 2.64. The number of aromatic nitrogens is 7. The SMILES string of the molecule is CCc1nc2nnc(-c3ccnc(CCOC)n3)c(C)n2n1. The van der Waals surface area contributed by atoms with Gasteiger partial charge in [-0.15, -0.1) is 15.3 Å². The second-order valence-electron chi connectivity index (χ2n) is 4.83. The van der Waals surface area contributed by atoms with Crippen molar-refractivity contribution < 1.29 is 4.74 Å². The van der Waals surface area contributed by atoms with Crippen molar-refractivity contribution in [1.29, 1.82) is 0 Å². The Balaban J connectivity index is 2.04. The maximum absolute atomic E-state index is 5.06. The van der Waals surface area contributed by atoms with Crippen molar-refractivity contribution in [3.05, 3.63) is 29.6 Å². The molecule has 22 heavy (non-hydrogen) atoms. The van der Waals surface area contributed by atoms with Crippen molar-refractivity contribution in [3.63, 3.8) is 0 Å². The van der Waals surface area contributed by atoms with Crippen LogP contribution >= 0.6 is 0 Å². The van der Waals surface area contributed by atoms with Gasteiger partial charge in [0.2, 0.25) is 0 Å². The van der Waals surface area contributed by atoms with Gasteiger partial charge in [0.1, 0.15) is 11.5 Å². The Morgan fingerprint density at radius 1 is 1.18 bits per heavy atom. The number of rotatable bonds is 5. The van der Waals surface area contributed by atoms with Crippen LogP contribution in [0.15, 0.2) is 12.3 Å². The number of ether oxygens (including phenoxy) is 1. The molecule has 0 amide bonds. The first-order valence-corrected chi connectivity index (χ1v) is 7.13. The van der Waals surface area contributed by atoms with E-state index in [1.807, 2.05) is 19.9 Å². The first-order chi connectivity index (χ1) is 10.7. The lowest BCUT2D eigenvalue weighted by molar-refractivity contribution is 0.200. The van der Waals surface area contributed by atoms with E-state index >= 15 is 0 Å². The van der Waals surface area contributed by atoms with Crippen molar-refractivity contribution in [1.82, 2.24) is 34.8 Å². The summed E-state index contributed by atoms with van der Waals surface area (Å²) in [6.45, 7) is 4.52. The predicted octanol–water partition coefficient (Wildman–Crippen LogP) is 1.04. The van der Waals surface area contributed by atoms with E-state index in [2.05, 4.69) is 30.2 Å². The number of hydrogen-bond acceptors (Lipinski definition) is 7. The third-order valence-corrected chi connectivity index (χ3v) is 3.33. The fourth-order valence-electron chi connectivity index (χ4n) is 2.13. The lowest BCUT2D eigenvalue weighted by atomic mass is 10.2. The average Bonchev–Trinajstić information content (AvgIpc) is 2.98. The van der Waals surface area contributed by atoms with Crippen molar-refractivity contribution in [2.45, 2.75) is 26.7 Å².